The minimum atomic E-state index is -4.77. The smallest absolute Gasteiger partial charge is 0.383 e. The molecule has 1 amide bonds. The number of nitrogens with one attached hydrogen (secondary N) is 1. The Morgan fingerprint density at radius 2 is 2.16 bits per heavy atom. The fraction of sp³-hybridized carbons (Fsp3) is 0.273. The van der Waals surface area contributed by atoms with Crippen LogP contribution in [0.3, 0.4) is 0 Å². The maximum atomic E-state index is 12.7. The van der Waals surface area contributed by atoms with Crippen molar-refractivity contribution < 1.29 is 27.1 Å². The molecule has 0 bridgehead atoms. The van der Waals surface area contributed by atoms with E-state index in [1.807, 2.05) is 0 Å². The van der Waals surface area contributed by atoms with Gasteiger partial charge in [-0.1, -0.05) is 6.07 Å². The fourth-order valence-corrected chi connectivity index (χ4v) is 1.09. The molecule has 1 N–H and O–H groups in total. The average Bonchev–Trinajstić information content (AvgIpc) is 2.36. The monoisotopic (exact) mass is 276 g/mol. The zero-order valence-corrected chi connectivity index (χ0v) is 9.37. The van der Waals surface area contributed by atoms with Gasteiger partial charge in [0.1, 0.15) is 11.8 Å². The van der Waals surface area contributed by atoms with Crippen LogP contribution in [0.4, 0.5) is 23.2 Å². The second-order valence-corrected chi connectivity index (χ2v) is 3.35. The molecule has 0 heterocycles. The summed E-state index contributed by atoms with van der Waals surface area (Å²) in [5.41, 5.74) is -0.138. The van der Waals surface area contributed by atoms with Gasteiger partial charge in [-0.2, -0.15) is 14.0 Å². The van der Waals surface area contributed by atoms with Gasteiger partial charge in [0.15, 0.2) is 6.61 Å². The van der Waals surface area contributed by atoms with Gasteiger partial charge in [0.05, 0.1) is 0 Å². The summed E-state index contributed by atoms with van der Waals surface area (Å²) in [7, 11) is 0. The number of carbonyl (C=O) groups excluding carboxylic acids is 1. The Morgan fingerprint density at radius 3 is 2.74 bits per heavy atom. The van der Waals surface area contributed by atoms with Crippen LogP contribution in [0.15, 0.2) is 24.3 Å². The Balaban J connectivity index is 2.78. The van der Waals surface area contributed by atoms with Crippen LogP contribution in [0.1, 0.15) is 0 Å². The second-order valence-electron chi connectivity index (χ2n) is 3.35. The van der Waals surface area contributed by atoms with Crippen LogP contribution in [0, 0.1) is 11.3 Å². The third kappa shape index (κ3) is 3.84. The van der Waals surface area contributed by atoms with Gasteiger partial charge in [0.2, 0.25) is 0 Å². The molecule has 0 unspecified atom stereocenters. The van der Waals surface area contributed by atoms with E-state index in [-0.39, 0.29) is 18.0 Å². The fourth-order valence-electron chi connectivity index (χ4n) is 1.09. The van der Waals surface area contributed by atoms with Crippen molar-refractivity contribution in [1.82, 2.24) is 0 Å². The standard InChI is InChI=1S/C11H8F4N2O2/c12-9(13)11(14,15)10(18)17-7-2-1-3-8(6-7)19-5-4-16/h1-3,6,9H,5H2,(H,17,18). The lowest BCUT2D eigenvalue weighted by Crippen LogP contribution is -2.40. The molecule has 8 heteroatoms. The summed E-state index contributed by atoms with van der Waals surface area (Å²) in [4.78, 5) is 11.0. The molecule has 19 heavy (non-hydrogen) atoms. The van der Waals surface area contributed by atoms with E-state index in [9.17, 15) is 22.4 Å². The van der Waals surface area contributed by atoms with E-state index in [2.05, 4.69) is 0 Å². The largest absolute Gasteiger partial charge is 0.479 e. The van der Waals surface area contributed by atoms with Crippen molar-refractivity contribution in [2.24, 2.45) is 0 Å². The van der Waals surface area contributed by atoms with Gasteiger partial charge in [-0.25, -0.2) is 8.78 Å². The van der Waals surface area contributed by atoms with Crippen LogP contribution < -0.4 is 10.1 Å². The van der Waals surface area contributed by atoms with E-state index < -0.39 is 18.3 Å². The van der Waals surface area contributed by atoms with Crippen molar-refractivity contribution in [3.05, 3.63) is 24.3 Å². The minimum absolute atomic E-state index is 0.138. The molecule has 0 radical (unpaired) electrons. The van der Waals surface area contributed by atoms with Gasteiger partial charge >= 0.3 is 18.3 Å². The predicted molar refractivity (Wildman–Crippen MR) is 57.1 cm³/mol. The van der Waals surface area contributed by atoms with Crippen LogP contribution in [0.5, 0.6) is 5.75 Å². The topological polar surface area (TPSA) is 62.1 Å². The number of amides is 1. The number of hydrogen-bond donors (Lipinski definition) is 1. The molecule has 1 aromatic rings. The first-order valence-corrected chi connectivity index (χ1v) is 4.95. The Kier molecular flexibility index (Phi) is 4.69. The first kappa shape index (κ1) is 14.8. The molecule has 1 rings (SSSR count). The highest BCUT2D eigenvalue weighted by molar-refractivity contribution is 5.96. The molecule has 0 atom stereocenters. The number of ether oxygens (including phenoxy) is 1. The number of halogens is 4. The summed E-state index contributed by atoms with van der Waals surface area (Å²) in [6.45, 7) is -0.273. The zero-order chi connectivity index (χ0) is 14.5. The summed E-state index contributed by atoms with van der Waals surface area (Å²) >= 11 is 0. The maximum Gasteiger partial charge on any atom is 0.383 e. The highest BCUT2D eigenvalue weighted by Gasteiger charge is 2.48. The number of anilines is 1. The maximum absolute atomic E-state index is 12.7. The SMILES string of the molecule is N#CCOc1cccc(NC(=O)C(F)(F)C(F)F)c1. The zero-order valence-electron chi connectivity index (χ0n) is 9.37. The Labute approximate surface area is 105 Å². The number of hydrogen-bond acceptors (Lipinski definition) is 3. The summed E-state index contributed by atoms with van der Waals surface area (Å²) in [6.07, 6.45) is -4.09. The van der Waals surface area contributed by atoms with E-state index in [0.29, 0.717) is 0 Å². The molecule has 0 aliphatic heterocycles. The highest BCUT2D eigenvalue weighted by Crippen LogP contribution is 2.25. The number of benzene rings is 1. The van der Waals surface area contributed by atoms with Crippen molar-refractivity contribution >= 4 is 11.6 Å². The molecule has 4 nitrogen and oxygen atoms in total. The Bertz CT molecular complexity index is 500. The number of alkyl halides is 4. The van der Waals surface area contributed by atoms with E-state index in [4.69, 9.17) is 10.00 Å². The molecule has 1 aromatic carbocycles. The van der Waals surface area contributed by atoms with Crippen LogP contribution >= 0.6 is 0 Å². The van der Waals surface area contributed by atoms with Crippen molar-refractivity contribution in [3.63, 3.8) is 0 Å². The van der Waals surface area contributed by atoms with E-state index in [1.165, 1.54) is 18.2 Å². The Hall–Kier alpha value is -2.30. The van der Waals surface area contributed by atoms with Gasteiger partial charge in [-0.3, -0.25) is 4.79 Å². The summed E-state index contributed by atoms with van der Waals surface area (Å²) in [5, 5.41) is 9.93. The minimum Gasteiger partial charge on any atom is -0.479 e. The quantitative estimate of drug-likeness (QED) is 0.840. The molecular weight excluding hydrogens is 268 g/mol. The van der Waals surface area contributed by atoms with E-state index >= 15 is 0 Å². The number of carbonyl (C=O) groups is 1. The average molecular weight is 276 g/mol. The first-order valence-electron chi connectivity index (χ1n) is 4.95. The molecule has 102 valence electrons. The van der Waals surface area contributed by atoms with Gasteiger partial charge in [0, 0.05) is 11.8 Å². The van der Waals surface area contributed by atoms with Crippen molar-refractivity contribution in [3.8, 4) is 11.8 Å². The van der Waals surface area contributed by atoms with Crippen molar-refractivity contribution in [2.75, 3.05) is 11.9 Å². The van der Waals surface area contributed by atoms with Crippen molar-refractivity contribution in [2.45, 2.75) is 12.3 Å². The second kappa shape index (κ2) is 6.04. The summed E-state index contributed by atoms with van der Waals surface area (Å²) in [6, 6.07) is 6.81. The molecule has 0 aliphatic rings. The first-order chi connectivity index (χ1) is 8.87. The van der Waals surface area contributed by atoms with Crippen LogP contribution in [-0.4, -0.2) is 24.9 Å². The number of rotatable bonds is 5. The Morgan fingerprint density at radius 1 is 1.47 bits per heavy atom. The molecule has 0 spiro atoms. The normalized spacial score (nSPS) is 10.9. The molecule has 0 saturated carbocycles. The lowest BCUT2D eigenvalue weighted by atomic mass is 10.2. The van der Waals surface area contributed by atoms with Crippen LogP contribution in [0.2, 0.25) is 0 Å². The lowest BCUT2D eigenvalue weighted by molar-refractivity contribution is -0.163. The summed E-state index contributed by atoms with van der Waals surface area (Å²) < 4.78 is 54.1. The van der Waals surface area contributed by atoms with Crippen molar-refractivity contribution in [1.29, 1.82) is 5.26 Å². The summed E-state index contributed by atoms with van der Waals surface area (Å²) in [5.74, 6) is -6.75. The molecule has 0 fully saturated rings. The third-order valence-corrected chi connectivity index (χ3v) is 1.97. The lowest BCUT2D eigenvalue weighted by Gasteiger charge is -2.15. The highest BCUT2D eigenvalue weighted by atomic mass is 19.3. The van der Waals surface area contributed by atoms with Crippen LogP contribution in [-0.2, 0) is 4.79 Å². The van der Waals surface area contributed by atoms with Crippen LogP contribution in [0.25, 0.3) is 0 Å². The van der Waals surface area contributed by atoms with Gasteiger partial charge in [-0.05, 0) is 12.1 Å². The van der Waals surface area contributed by atoms with Gasteiger partial charge in [-0.15, -0.1) is 0 Å². The molecule has 0 saturated heterocycles. The molecule has 0 aromatic heterocycles. The third-order valence-electron chi connectivity index (χ3n) is 1.97. The molecule has 0 aliphatic carbocycles. The number of nitriles is 1. The predicted octanol–water partition coefficient (Wildman–Crippen LogP) is 2.43. The number of nitrogens with zero attached hydrogens (tertiary/aromatic N) is 1. The van der Waals surface area contributed by atoms with Gasteiger partial charge in [0.25, 0.3) is 0 Å². The van der Waals surface area contributed by atoms with E-state index in [0.717, 1.165) is 6.07 Å². The van der Waals surface area contributed by atoms with E-state index in [1.54, 1.807) is 11.4 Å². The van der Waals surface area contributed by atoms with Gasteiger partial charge < -0.3 is 10.1 Å². The molecular formula is C11H8F4N2O2.